The Morgan fingerprint density at radius 1 is 1.17 bits per heavy atom. The summed E-state index contributed by atoms with van der Waals surface area (Å²) in [6, 6.07) is 10.6. The van der Waals surface area contributed by atoms with Crippen LogP contribution in [0.4, 0.5) is 4.39 Å². The van der Waals surface area contributed by atoms with Crippen LogP contribution in [0.2, 0.25) is 0 Å². The van der Waals surface area contributed by atoms with Crippen molar-refractivity contribution in [2.45, 2.75) is 6.92 Å². The molecular weight excluding hydrogens is 375 g/mol. The Kier molecular flexibility index (Phi) is 6.03. The number of benzene rings is 2. The Bertz CT molecular complexity index is 1080. The van der Waals surface area contributed by atoms with E-state index >= 15 is 0 Å². The molecule has 3 rings (SSSR count). The Labute approximate surface area is 166 Å². The van der Waals surface area contributed by atoms with Gasteiger partial charge in [-0.2, -0.15) is 0 Å². The summed E-state index contributed by atoms with van der Waals surface area (Å²) in [5.41, 5.74) is 7.01. The number of methoxy groups -OCH3 is 1. The number of hydrazine groups is 1. The molecule has 3 aromatic rings. The summed E-state index contributed by atoms with van der Waals surface area (Å²) in [7, 11) is 1.56. The van der Waals surface area contributed by atoms with Crippen LogP contribution in [-0.4, -0.2) is 28.5 Å². The second kappa shape index (κ2) is 8.83. The number of imidazole rings is 1. The van der Waals surface area contributed by atoms with E-state index in [1.54, 1.807) is 25.6 Å². The average Bonchev–Trinajstić information content (AvgIpc) is 3.16. The molecule has 0 bridgehead atoms. The number of amides is 2. The largest absolute Gasteiger partial charge is 0.495 e. The third-order valence-electron chi connectivity index (χ3n) is 4.01. The fraction of sp³-hybridized carbons (Fsp3) is 0.0952. The van der Waals surface area contributed by atoms with E-state index in [4.69, 9.17) is 4.74 Å². The summed E-state index contributed by atoms with van der Waals surface area (Å²) < 4.78 is 20.4. The summed E-state index contributed by atoms with van der Waals surface area (Å²) in [6.07, 6.45) is 6.41. The zero-order chi connectivity index (χ0) is 20.8. The van der Waals surface area contributed by atoms with Crippen LogP contribution in [0.25, 0.3) is 11.8 Å². The van der Waals surface area contributed by atoms with Crippen LogP contribution < -0.4 is 15.6 Å². The number of halogens is 1. The number of aryl methyl sites for hydroxylation is 1. The predicted molar refractivity (Wildman–Crippen MR) is 106 cm³/mol. The Morgan fingerprint density at radius 2 is 2.00 bits per heavy atom. The SMILES string of the molecule is COc1cc(C=CC(=O)NNC(=O)c2cccc(F)c2)ccc1-n1cnc(C)c1. The second-order valence-electron chi connectivity index (χ2n) is 6.14. The van der Waals surface area contributed by atoms with Crippen molar-refractivity contribution in [1.29, 1.82) is 0 Å². The number of rotatable bonds is 5. The van der Waals surface area contributed by atoms with E-state index in [9.17, 15) is 14.0 Å². The Balaban J connectivity index is 1.63. The Morgan fingerprint density at radius 3 is 2.69 bits per heavy atom. The van der Waals surface area contributed by atoms with Crippen LogP contribution in [0.15, 0.2) is 61.1 Å². The van der Waals surface area contributed by atoms with Gasteiger partial charge in [0.05, 0.1) is 24.8 Å². The molecule has 0 unspecified atom stereocenters. The molecule has 0 saturated heterocycles. The van der Waals surface area contributed by atoms with Gasteiger partial charge in [0.1, 0.15) is 11.6 Å². The van der Waals surface area contributed by atoms with E-state index in [0.29, 0.717) is 5.75 Å². The van der Waals surface area contributed by atoms with Gasteiger partial charge in [-0.1, -0.05) is 12.1 Å². The standard InChI is InChI=1S/C21H19FN4O3/c1-14-12-26(13-23-14)18-8-6-15(10-19(18)29-2)7-9-20(27)24-25-21(28)16-4-3-5-17(22)11-16/h3-13H,1-2H3,(H,24,27)(H,25,28). The number of carbonyl (C=O) groups is 2. The molecule has 0 aliphatic heterocycles. The third kappa shape index (κ3) is 5.07. The summed E-state index contributed by atoms with van der Waals surface area (Å²) in [5, 5.41) is 0. The Hall–Kier alpha value is -3.94. The molecule has 0 fully saturated rings. The van der Waals surface area contributed by atoms with Crippen LogP contribution in [0.5, 0.6) is 5.75 Å². The van der Waals surface area contributed by atoms with Gasteiger partial charge in [0, 0.05) is 17.8 Å². The van der Waals surface area contributed by atoms with E-state index in [1.807, 2.05) is 29.8 Å². The molecule has 0 aliphatic rings. The fourth-order valence-corrected chi connectivity index (χ4v) is 2.60. The minimum absolute atomic E-state index is 0.101. The van der Waals surface area contributed by atoms with Crippen molar-refractivity contribution >= 4 is 17.9 Å². The average molecular weight is 394 g/mol. The first-order chi connectivity index (χ1) is 14.0. The number of ether oxygens (including phenoxy) is 1. The van der Waals surface area contributed by atoms with Gasteiger partial charge >= 0.3 is 0 Å². The lowest BCUT2D eigenvalue weighted by atomic mass is 10.1. The van der Waals surface area contributed by atoms with Crippen LogP contribution in [0.3, 0.4) is 0 Å². The molecule has 0 saturated carbocycles. The summed E-state index contributed by atoms with van der Waals surface area (Å²) in [6.45, 7) is 1.89. The minimum atomic E-state index is -0.618. The molecule has 2 amide bonds. The van der Waals surface area contributed by atoms with Crippen molar-refractivity contribution in [3.05, 3.63) is 83.7 Å². The molecular formula is C21H19FN4O3. The van der Waals surface area contributed by atoms with Crippen molar-refractivity contribution in [1.82, 2.24) is 20.4 Å². The number of nitrogens with one attached hydrogen (secondary N) is 2. The van der Waals surface area contributed by atoms with Crippen molar-refractivity contribution in [2.75, 3.05) is 7.11 Å². The maximum Gasteiger partial charge on any atom is 0.269 e. The van der Waals surface area contributed by atoms with Crippen molar-refractivity contribution in [3.8, 4) is 11.4 Å². The smallest absolute Gasteiger partial charge is 0.269 e. The molecule has 1 aromatic heterocycles. The molecule has 7 nitrogen and oxygen atoms in total. The first-order valence-electron chi connectivity index (χ1n) is 8.69. The van der Waals surface area contributed by atoms with Gasteiger partial charge in [-0.3, -0.25) is 20.4 Å². The van der Waals surface area contributed by atoms with Gasteiger partial charge in [-0.25, -0.2) is 9.37 Å². The van der Waals surface area contributed by atoms with Gasteiger partial charge in [-0.05, 0) is 48.9 Å². The van der Waals surface area contributed by atoms with Crippen LogP contribution >= 0.6 is 0 Å². The molecule has 29 heavy (non-hydrogen) atoms. The van der Waals surface area contributed by atoms with Crippen LogP contribution in [-0.2, 0) is 4.79 Å². The number of carbonyl (C=O) groups excluding carboxylic acids is 2. The molecule has 0 spiro atoms. The first kappa shape index (κ1) is 19.8. The number of hydrogen-bond acceptors (Lipinski definition) is 4. The fourth-order valence-electron chi connectivity index (χ4n) is 2.60. The predicted octanol–water partition coefficient (Wildman–Crippen LogP) is 2.80. The topological polar surface area (TPSA) is 85.3 Å². The monoisotopic (exact) mass is 394 g/mol. The van der Waals surface area contributed by atoms with E-state index in [0.717, 1.165) is 23.0 Å². The first-order valence-corrected chi connectivity index (χ1v) is 8.69. The van der Waals surface area contributed by atoms with Crippen molar-refractivity contribution < 1.29 is 18.7 Å². The number of aromatic nitrogens is 2. The van der Waals surface area contributed by atoms with Gasteiger partial charge in [-0.15, -0.1) is 0 Å². The lowest BCUT2D eigenvalue weighted by Gasteiger charge is -2.10. The van der Waals surface area contributed by atoms with Gasteiger partial charge in [0.2, 0.25) is 0 Å². The van der Waals surface area contributed by atoms with Crippen molar-refractivity contribution in [3.63, 3.8) is 0 Å². The lowest BCUT2D eigenvalue weighted by Crippen LogP contribution is -2.40. The minimum Gasteiger partial charge on any atom is -0.495 e. The lowest BCUT2D eigenvalue weighted by molar-refractivity contribution is -0.117. The maximum absolute atomic E-state index is 13.1. The summed E-state index contributed by atoms with van der Waals surface area (Å²) >= 11 is 0. The van der Waals surface area contributed by atoms with E-state index in [1.165, 1.54) is 24.3 Å². The van der Waals surface area contributed by atoms with Crippen LogP contribution in [0, 0.1) is 12.7 Å². The highest BCUT2D eigenvalue weighted by molar-refractivity contribution is 5.97. The van der Waals surface area contributed by atoms with Gasteiger partial charge < -0.3 is 9.30 Å². The molecule has 0 radical (unpaired) electrons. The van der Waals surface area contributed by atoms with Gasteiger partial charge in [0.25, 0.3) is 11.8 Å². The normalized spacial score (nSPS) is 10.7. The van der Waals surface area contributed by atoms with Crippen molar-refractivity contribution in [2.24, 2.45) is 0 Å². The summed E-state index contributed by atoms with van der Waals surface area (Å²) in [5.74, 6) is -1.08. The van der Waals surface area contributed by atoms with E-state index in [2.05, 4.69) is 15.8 Å². The zero-order valence-corrected chi connectivity index (χ0v) is 15.8. The van der Waals surface area contributed by atoms with E-state index < -0.39 is 17.6 Å². The third-order valence-corrected chi connectivity index (χ3v) is 4.01. The molecule has 0 aliphatic carbocycles. The zero-order valence-electron chi connectivity index (χ0n) is 15.8. The number of hydrogen-bond donors (Lipinski definition) is 2. The molecule has 2 aromatic carbocycles. The summed E-state index contributed by atoms with van der Waals surface area (Å²) in [4.78, 5) is 28.0. The highest BCUT2D eigenvalue weighted by Crippen LogP contribution is 2.25. The van der Waals surface area contributed by atoms with Crippen LogP contribution in [0.1, 0.15) is 21.6 Å². The molecule has 0 atom stereocenters. The molecule has 148 valence electrons. The highest BCUT2D eigenvalue weighted by Gasteiger charge is 2.08. The number of nitrogens with zero attached hydrogens (tertiary/aromatic N) is 2. The van der Waals surface area contributed by atoms with E-state index in [-0.39, 0.29) is 5.56 Å². The second-order valence-corrected chi connectivity index (χ2v) is 6.14. The molecule has 8 heteroatoms. The molecule has 2 N–H and O–H groups in total. The highest BCUT2D eigenvalue weighted by atomic mass is 19.1. The molecule has 1 heterocycles. The van der Waals surface area contributed by atoms with Gasteiger partial charge in [0.15, 0.2) is 0 Å². The maximum atomic E-state index is 13.1. The quantitative estimate of drug-likeness (QED) is 0.515.